The van der Waals surface area contributed by atoms with Crippen molar-refractivity contribution in [2.45, 2.75) is 64.5 Å². The second-order valence-electron chi connectivity index (χ2n) is 7.13. The highest BCUT2D eigenvalue weighted by atomic mass is 35.5. The number of benzene rings is 1. The van der Waals surface area contributed by atoms with E-state index in [2.05, 4.69) is 6.07 Å². The Morgan fingerprint density at radius 2 is 1.65 bits per heavy atom. The Bertz CT molecular complexity index is 630. The van der Waals surface area contributed by atoms with Gasteiger partial charge in [0, 0.05) is 13.1 Å². The standard InChI is InChI=1S/C20H30N2O3.ClH/c1-3-24-17-12-15-8-11-22(14-16(15)13-18(17)25-4-2)19(23)20(21)9-6-5-7-10-20;/h12-13H,3-11,14,21H2,1-2H3;1H. The van der Waals surface area contributed by atoms with Crippen LogP contribution in [0.1, 0.15) is 57.1 Å². The number of amides is 1. The summed E-state index contributed by atoms with van der Waals surface area (Å²) < 4.78 is 11.4. The zero-order valence-electron chi connectivity index (χ0n) is 15.9. The van der Waals surface area contributed by atoms with E-state index in [0.717, 1.165) is 55.7 Å². The van der Waals surface area contributed by atoms with Gasteiger partial charge in [0.05, 0.1) is 18.8 Å². The third-order valence-corrected chi connectivity index (χ3v) is 5.34. The summed E-state index contributed by atoms with van der Waals surface area (Å²) in [5.74, 6) is 1.67. The lowest BCUT2D eigenvalue weighted by Gasteiger charge is -2.39. The van der Waals surface area contributed by atoms with Gasteiger partial charge < -0.3 is 20.1 Å². The van der Waals surface area contributed by atoms with E-state index in [-0.39, 0.29) is 18.3 Å². The molecule has 1 aromatic carbocycles. The van der Waals surface area contributed by atoms with Gasteiger partial charge in [-0.05, 0) is 56.4 Å². The molecule has 0 atom stereocenters. The van der Waals surface area contributed by atoms with E-state index in [0.29, 0.717) is 19.8 Å². The van der Waals surface area contributed by atoms with Crippen molar-refractivity contribution in [3.8, 4) is 11.5 Å². The van der Waals surface area contributed by atoms with Gasteiger partial charge in [-0.2, -0.15) is 0 Å². The van der Waals surface area contributed by atoms with Crippen molar-refractivity contribution in [3.05, 3.63) is 23.3 Å². The van der Waals surface area contributed by atoms with Crippen LogP contribution in [0.15, 0.2) is 12.1 Å². The summed E-state index contributed by atoms with van der Waals surface area (Å²) in [7, 11) is 0. The Morgan fingerprint density at radius 3 is 2.23 bits per heavy atom. The molecule has 5 nitrogen and oxygen atoms in total. The minimum Gasteiger partial charge on any atom is -0.490 e. The molecule has 1 saturated carbocycles. The Morgan fingerprint density at radius 1 is 1.08 bits per heavy atom. The average Bonchev–Trinajstić information content (AvgIpc) is 2.62. The summed E-state index contributed by atoms with van der Waals surface area (Å²) in [6.45, 7) is 6.48. The Labute approximate surface area is 162 Å². The number of hydrogen-bond acceptors (Lipinski definition) is 4. The maximum Gasteiger partial charge on any atom is 0.242 e. The molecule has 3 rings (SSSR count). The molecule has 0 bridgehead atoms. The molecule has 26 heavy (non-hydrogen) atoms. The Kier molecular flexibility index (Phi) is 7.18. The van der Waals surface area contributed by atoms with E-state index < -0.39 is 5.54 Å². The van der Waals surface area contributed by atoms with Gasteiger partial charge in [-0.3, -0.25) is 4.79 Å². The number of nitrogens with zero attached hydrogens (tertiary/aromatic N) is 1. The van der Waals surface area contributed by atoms with Crippen molar-refractivity contribution >= 4 is 18.3 Å². The van der Waals surface area contributed by atoms with Crippen LogP contribution in [0, 0.1) is 0 Å². The van der Waals surface area contributed by atoms with Crippen LogP contribution in [0.2, 0.25) is 0 Å². The van der Waals surface area contributed by atoms with Gasteiger partial charge in [0.15, 0.2) is 11.5 Å². The topological polar surface area (TPSA) is 64.8 Å². The van der Waals surface area contributed by atoms with Crippen molar-refractivity contribution in [1.82, 2.24) is 4.90 Å². The molecule has 1 aromatic rings. The molecule has 2 N–H and O–H groups in total. The maximum atomic E-state index is 13.0. The molecule has 1 aliphatic carbocycles. The smallest absolute Gasteiger partial charge is 0.242 e. The van der Waals surface area contributed by atoms with Gasteiger partial charge >= 0.3 is 0 Å². The lowest BCUT2D eigenvalue weighted by atomic mass is 9.81. The summed E-state index contributed by atoms with van der Waals surface area (Å²) in [6, 6.07) is 4.11. The highest BCUT2D eigenvalue weighted by Crippen LogP contribution is 2.35. The summed E-state index contributed by atoms with van der Waals surface area (Å²) in [5, 5.41) is 0. The maximum absolute atomic E-state index is 13.0. The van der Waals surface area contributed by atoms with Crippen molar-refractivity contribution in [3.63, 3.8) is 0 Å². The van der Waals surface area contributed by atoms with Crippen LogP contribution in [0.4, 0.5) is 0 Å². The van der Waals surface area contributed by atoms with Gasteiger partial charge in [0.2, 0.25) is 5.91 Å². The number of fused-ring (bicyclic) bond motifs is 1. The number of carbonyl (C=O) groups excluding carboxylic acids is 1. The minimum absolute atomic E-state index is 0. The van der Waals surface area contributed by atoms with Crippen molar-refractivity contribution < 1.29 is 14.3 Å². The van der Waals surface area contributed by atoms with E-state index in [1.54, 1.807) is 0 Å². The van der Waals surface area contributed by atoms with Crippen LogP contribution in [-0.2, 0) is 17.8 Å². The Hall–Kier alpha value is -1.46. The van der Waals surface area contributed by atoms with Crippen LogP contribution >= 0.6 is 12.4 Å². The second-order valence-corrected chi connectivity index (χ2v) is 7.13. The first kappa shape index (κ1) is 20.8. The molecule has 1 heterocycles. The molecule has 146 valence electrons. The van der Waals surface area contributed by atoms with Gasteiger partial charge in [-0.1, -0.05) is 19.3 Å². The van der Waals surface area contributed by atoms with E-state index >= 15 is 0 Å². The molecule has 1 amide bonds. The third-order valence-electron chi connectivity index (χ3n) is 5.34. The van der Waals surface area contributed by atoms with E-state index in [1.807, 2.05) is 24.8 Å². The summed E-state index contributed by atoms with van der Waals surface area (Å²) in [5.41, 5.74) is 8.18. The molecule has 2 aliphatic rings. The molecule has 1 aliphatic heterocycles. The normalized spacial score (nSPS) is 18.5. The number of halogens is 1. The van der Waals surface area contributed by atoms with Crippen LogP contribution in [0.25, 0.3) is 0 Å². The lowest BCUT2D eigenvalue weighted by molar-refractivity contribution is -0.139. The zero-order valence-corrected chi connectivity index (χ0v) is 16.7. The van der Waals surface area contributed by atoms with Gasteiger partial charge in [-0.15, -0.1) is 12.4 Å². The molecule has 6 heteroatoms. The van der Waals surface area contributed by atoms with Crippen LogP contribution in [-0.4, -0.2) is 36.1 Å². The quantitative estimate of drug-likeness (QED) is 0.847. The van der Waals surface area contributed by atoms with Crippen LogP contribution in [0.3, 0.4) is 0 Å². The van der Waals surface area contributed by atoms with Crippen LogP contribution < -0.4 is 15.2 Å². The first-order valence-electron chi connectivity index (χ1n) is 9.57. The fourth-order valence-corrected chi connectivity index (χ4v) is 3.99. The summed E-state index contributed by atoms with van der Waals surface area (Å²) in [4.78, 5) is 14.9. The highest BCUT2D eigenvalue weighted by molar-refractivity contribution is 5.86. The molecular weight excluding hydrogens is 352 g/mol. The Balaban J connectivity index is 0.00000243. The van der Waals surface area contributed by atoms with Crippen molar-refractivity contribution in [2.24, 2.45) is 5.73 Å². The van der Waals surface area contributed by atoms with E-state index in [4.69, 9.17) is 15.2 Å². The fourth-order valence-electron chi connectivity index (χ4n) is 3.99. The van der Waals surface area contributed by atoms with E-state index in [9.17, 15) is 4.79 Å². The van der Waals surface area contributed by atoms with Gasteiger partial charge in [0.1, 0.15) is 0 Å². The van der Waals surface area contributed by atoms with Crippen molar-refractivity contribution in [1.29, 1.82) is 0 Å². The molecular formula is C20H31ClN2O3. The zero-order chi connectivity index (χ0) is 17.9. The predicted molar refractivity (Wildman–Crippen MR) is 105 cm³/mol. The monoisotopic (exact) mass is 382 g/mol. The number of hydrogen-bond donors (Lipinski definition) is 1. The van der Waals surface area contributed by atoms with Crippen LogP contribution in [0.5, 0.6) is 11.5 Å². The molecule has 0 radical (unpaired) electrons. The van der Waals surface area contributed by atoms with Gasteiger partial charge in [0.25, 0.3) is 0 Å². The third kappa shape index (κ3) is 4.26. The first-order chi connectivity index (χ1) is 12.1. The van der Waals surface area contributed by atoms with Crippen molar-refractivity contribution in [2.75, 3.05) is 19.8 Å². The van der Waals surface area contributed by atoms with E-state index in [1.165, 1.54) is 12.0 Å². The largest absolute Gasteiger partial charge is 0.490 e. The number of nitrogens with two attached hydrogens (primary N) is 1. The molecule has 0 aromatic heterocycles. The average molecular weight is 383 g/mol. The SMILES string of the molecule is CCOc1cc2c(cc1OCC)CN(C(=O)C1(N)CCCCC1)CC2.Cl. The summed E-state index contributed by atoms with van der Waals surface area (Å²) >= 11 is 0. The fraction of sp³-hybridized carbons (Fsp3) is 0.650. The number of ether oxygens (including phenoxy) is 2. The number of rotatable bonds is 5. The summed E-state index contributed by atoms with van der Waals surface area (Å²) in [6.07, 6.45) is 5.75. The second kappa shape index (κ2) is 8.96. The van der Waals surface area contributed by atoms with Gasteiger partial charge in [-0.25, -0.2) is 0 Å². The lowest BCUT2D eigenvalue weighted by Crippen LogP contribution is -2.57. The molecule has 1 fully saturated rings. The molecule has 0 unspecified atom stereocenters. The first-order valence-corrected chi connectivity index (χ1v) is 9.57. The minimum atomic E-state index is -0.663. The number of carbonyl (C=O) groups is 1. The highest BCUT2D eigenvalue weighted by Gasteiger charge is 2.39. The molecule has 0 saturated heterocycles. The molecule has 0 spiro atoms. The predicted octanol–water partition coefficient (Wildman–Crippen LogP) is 3.45.